The van der Waals surface area contributed by atoms with E-state index >= 15 is 9.59 Å². The summed E-state index contributed by atoms with van der Waals surface area (Å²) in [6, 6.07) is 31.8. The number of esters is 2. The summed E-state index contributed by atoms with van der Waals surface area (Å²) in [6.45, 7) is 3.68. The van der Waals surface area contributed by atoms with Gasteiger partial charge in [0, 0.05) is 59.2 Å². The van der Waals surface area contributed by atoms with E-state index in [1.807, 2.05) is 36.4 Å². The van der Waals surface area contributed by atoms with Crippen molar-refractivity contribution < 1.29 is 66.5 Å². The number of rotatable bonds is 30. The van der Waals surface area contributed by atoms with Gasteiger partial charge < -0.3 is 67.0 Å². The number of methoxy groups -OCH3 is 6. The van der Waals surface area contributed by atoms with Crippen LogP contribution in [0.2, 0.25) is 10.0 Å². The van der Waals surface area contributed by atoms with Gasteiger partial charge >= 0.3 is 11.9 Å². The quantitative estimate of drug-likeness (QED) is 0.0236. The maximum Gasteiger partial charge on any atom is 0.333 e. The summed E-state index contributed by atoms with van der Waals surface area (Å²) in [5.41, 5.74) is 3.62. The molecule has 0 spiro atoms. The molecule has 2 amide bonds. The molecular weight excluding hydrogens is 1210 g/mol. The van der Waals surface area contributed by atoms with Gasteiger partial charge in [-0.15, -0.1) is 0 Å². The Bertz CT molecular complexity index is 3280. The van der Waals surface area contributed by atoms with Crippen molar-refractivity contribution in [2.75, 3.05) is 120 Å². The van der Waals surface area contributed by atoms with E-state index in [2.05, 4.69) is 23.9 Å². The SMILES string of the molecule is COc1ccc(OCCCCN(C)CCc2ccc(OC)c(OC)c2)c(C2(OC(=O)/C=C/C(=O)OC3(c4cc(OC)ccc4OCCCCN(C)CCc4ccc(OC)c(OC)c4)Sc4cc(Cl)ccc4N(C)C3=O)Sc3cc(Cl)ccc3N(C)C2=O)c1. The normalized spacial score (nSPS) is 16.3. The number of halogens is 2. The topological polar surface area (TPSA) is 174 Å². The van der Waals surface area contributed by atoms with Crippen LogP contribution in [0.3, 0.4) is 0 Å². The van der Waals surface area contributed by atoms with Crippen LogP contribution in [0.1, 0.15) is 47.9 Å². The van der Waals surface area contributed by atoms with Gasteiger partial charge in [0.2, 0.25) is 0 Å². The van der Waals surface area contributed by atoms with Crippen LogP contribution in [0.4, 0.5) is 11.4 Å². The highest BCUT2D eigenvalue weighted by atomic mass is 35.5. The second kappa shape index (κ2) is 30.6. The standard InChI is InChI=1S/C66H74Cl2N4O14S2/c1-69(33-29-43-15-23-55(79-7)57(37-43)81-9)31-11-13-35-83-53-25-19-47(77-5)41-49(53)65(63(75)71(3)51-21-17-45(67)39-59(51)87-65)85-61(73)27-28-62(74)86-66(64(76)72(4)52-22-18-46(68)40-60(52)88-66)50-42-48(78-6)20-26-54(50)84-36-14-12-32-70(2)34-30-44-16-24-56(80-8)58(38-44)82-10/h15-28,37-42H,11-14,29-36H2,1-10H3/b28-27+. The second-order valence-corrected chi connectivity index (χ2v) is 24.2. The van der Waals surface area contributed by atoms with Gasteiger partial charge in [-0.25, -0.2) is 9.59 Å². The van der Waals surface area contributed by atoms with Gasteiger partial charge in [-0.3, -0.25) is 9.59 Å². The molecule has 18 nitrogen and oxygen atoms in total. The molecule has 0 fully saturated rings. The molecule has 468 valence electrons. The maximum atomic E-state index is 15.1. The fourth-order valence-corrected chi connectivity index (χ4v) is 13.4. The first-order valence-electron chi connectivity index (χ1n) is 28.5. The minimum atomic E-state index is -2.16. The number of amides is 2. The number of hydrogen-bond donors (Lipinski definition) is 0. The van der Waals surface area contributed by atoms with E-state index in [0.717, 1.165) is 98.7 Å². The molecule has 0 N–H and O–H groups in total. The summed E-state index contributed by atoms with van der Waals surface area (Å²) in [4.78, 5) is 63.2. The first-order chi connectivity index (χ1) is 42.4. The number of anilines is 2. The Hall–Kier alpha value is -7.46. The molecule has 6 aromatic carbocycles. The Morgan fingerprint density at radius 1 is 0.477 bits per heavy atom. The summed E-state index contributed by atoms with van der Waals surface area (Å²) in [7, 11) is 16.7. The number of ether oxygens (including phenoxy) is 10. The number of benzene rings is 6. The molecule has 0 aliphatic carbocycles. The average molecular weight is 1280 g/mol. The number of fused-ring (bicyclic) bond motifs is 2. The number of carbonyl (C=O) groups is 4. The third kappa shape index (κ3) is 15.7. The fourth-order valence-electron chi connectivity index (χ4n) is 10.1. The van der Waals surface area contributed by atoms with Crippen LogP contribution >= 0.6 is 46.7 Å². The van der Waals surface area contributed by atoms with E-state index in [0.29, 0.717) is 78.5 Å². The zero-order valence-electron chi connectivity index (χ0n) is 51.1. The summed E-state index contributed by atoms with van der Waals surface area (Å²) < 4.78 is 58.8. The number of thioether (sulfide) groups is 2. The van der Waals surface area contributed by atoms with Crippen LogP contribution in [0.15, 0.2) is 131 Å². The predicted molar refractivity (Wildman–Crippen MR) is 343 cm³/mol. The molecule has 2 unspecified atom stereocenters. The van der Waals surface area contributed by atoms with Crippen molar-refractivity contribution >= 4 is 81.9 Å². The third-order valence-electron chi connectivity index (χ3n) is 15.0. The molecule has 88 heavy (non-hydrogen) atoms. The molecule has 0 aromatic heterocycles. The van der Waals surface area contributed by atoms with Crippen LogP contribution in [-0.4, -0.2) is 144 Å². The van der Waals surface area contributed by atoms with Crippen LogP contribution in [0, 0.1) is 0 Å². The Kier molecular flexibility index (Phi) is 23.2. The van der Waals surface area contributed by atoms with E-state index < -0.39 is 33.6 Å². The molecule has 2 heterocycles. The number of likely N-dealkylation sites (N-methyl/N-ethyl adjacent to an activating group) is 4. The van der Waals surface area contributed by atoms with Gasteiger partial charge in [0.25, 0.3) is 21.7 Å². The van der Waals surface area contributed by atoms with Crippen molar-refractivity contribution in [2.45, 2.75) is 58.2 Å². The molecule has 22 heteroatoms. The monoisotopic (exact) mass is 1280 g/mol. The molecule has 2 aliphatic heterocycles. The second-order valence-electron chi connectivity index (χ2n) is 20.9. The maximum absolute atomic E-state index is 15.1. The number of hydrogen-bond acceptors (Lipinski definition) is 18. The molecule has 0 bridgehead atoms. The molecule has 2 atom stereocenters. The number of nitrogens with zero attached hydrogens (tertiary/aromatic N) is 4. The smallest absolute Gasteiger partial charge is 0.333 e. The first kappa shape index (κ1) is 66.5. The van der Waals surface area contributed by atoms with Crippen molar-refractivity contribution in [3.63, 3.8) is 0 Å². The molecule has 2 aliphatic rings. The van der Waals surface area contributed by atoms with Gasteiger partial charge in [-0.2, -0.15) is 0 Å². The Labute approximate surface area is 533 Å². The minimum Gasteiger partial charge on any atom is -0.497 e. The van der Waals surface area contributed by atoms with Crippen LogP contribution in [-0.2, 0) is 51.4 Å². The average Bonchev–Trinajstić information content (AvgIpc) is 0.904. The molecule has 0 saturated carbocycles. The summed E-state index contributed by atoms with van der Waals surface area (Å²) in [6.07, 6.45) is 6.17. The third-order valence-corrected chi connectivity index (χ3v) is 18.1. The Morgan fingerprint density at radius 3 is 1.24 bits per heavy atom. The highest BCUT2D eigenvalue weighted by molar-refractivity contribution is 8.01. The van der Waals surface area contributed by atoms with Gasteiger partial charge in [-0.1, -0.05) is 58.9 Å². The van der Waals surface area contributed by atoms with Crippen molar-refractivity contribution in [3.05, 3.63) is 154 Å². The van der Waals surface area contributed by atoms with Crippen molar-refractivity contribution in [3.8, 4) is 46.0 Å². The fraction of sp³-hybridized carbons (Fsp3) is 0.364. The number of carbonyl (C=O) groups excluding carboxylic acids is 4. The van der Waals surface area contributed by atoms with Crippen LogP contribution < -0.4 is 47.7 Å². The zero-order chi connectivity index (χ0) is 63.1. The Morgan fingerprint density at radius 2 is 0.864 bits per heavy atom. The first-order valence-corrected chi connectivity index (χ1v) is 30.9. The van der Waals surface area contributed by atoms with Gasteiger partial charge in [0.1, 0.15) is 23.0 Å². The highest BCUT2D eigenvalue weighted by Crippen LogP contribution is 2.56. The molecule has 0 saturated heterocycles. The zero-order valence-corrected chi connectivity index (χ0v) is 54.3. The largest absolute Gasteiger partial charge is 0.497 e. The van der Waals surface area contributed by atoms with E-state index in [-0.39, 0.29) is 35.8 Å². The van der Waals surface area contributed by atoms with Crippen LogP contribution in [0.5, 0.6) is 46.0 Å². The highest BCUT2D eigenvalue weighted by Gasteiger charge is 2.55. The molecule has 6 aromatic rings. The van der Waals surface area contributed by atoms with E-state index in [4.69, 9.17) is 70.6 Å². The molecular formula is C66H74Cl2N4O14S2. The lowest BCUT2D eigenvalue weighted by Gasteiger charge is -2.40. The molecule has 8 rings (SSSR count). The summed E-state index contributed by atoms with van der Waals surface area (Å²) in [5, 5.41) is 0.749. The van der Waals surface area contributed by atoms with E-state index in [1.165, 1.54) is 24.0 Å². The lowest BCUT2D eigenvalue weighted by Crippen LogP contribution is -2.49. The number of unbranched alkanes of at least 4 members (excludes halogenated alkanes) is 2. The van der Waals surface area contributed by atoms with Crippen molar-refractivity contribution in [1.29, 1.82) is 0 Å². The summed E-state index contributed by atoms with van der Waals surface area (Å²) in [5.74, 6) is 0.421. The lowest BCUT2D eigenvalue weighted by molar-refractivity contribution is -0.156. The van der Waals surface area contributed by atoms with E-state index in [9.17, 15) is 9.59 Å². The lowest BCUT2D eigenvalue weighted by atomic mass is 10.0. The van der Waals surface area contributed by atoms with Gasteiger partial charge in [0.05, 0.1) is 78.4 Å². The van der Waals surface area contributed by atoms with Crippen molar-refractivity contribution in [1.82, 2.24) is 9.80 Å². The van der Waals surface area contributed by atoms with Crippen molar-refractivity contribution in [2.24, 2.45) is 0 Å². The minimum absolute atomic E-state index is 0.169. The summed E-state index contributed by atoms with van der Waals surface area (Å²) >= 11 is 15.0. The van der Waals surface area contributed by atoms with E-state index in [1.54, 1.807) is 115 Å². The Balaban J connectivity index is 1.01. The molecule has 0 radical (unpaired) electrons. The van der Waals surface area contributed by atoms with Gasteiger partial charge in [-0.05, 0) is 174 Å². The van der Waals surface area contributed by atoms with Crippen LogP contribution in [0.25, 0.3) is 0 Å². The van der Waals surface area contributed by atoms with Gasteiger partial charge in [0.15, 0.2) is 23.0 Å². The predicted octanol–water partition coefficient (Wildman–Crippen LogP) is 11.9.